The summed E-state index contributed by atoms with van der Waals surface area (Å²) in [5, 5.41) is 0. The molecule has 2 heteroatoms. The highest BCUT2D eigenvalue weighted by Gasteiger charge is 2.39. The lowest BCUT2D eigenvalue weighted by molar-refractivity contribution is 0.660. The second-order valence-electron chi connectivity index (χ2n) is 15.6. The molecule has 0 saturated carbocycles. The van der Waals surface area contributed by atoms with E-state index in [0.717, 1.165) is 41.3 Å². The van der Waals surface area contributed by atoms with Gasteiger partial charge in [0.05, 0.1) is 5.69 Å². The molecular formula is C54H44N2. The van der Waals surface area contributed by atoms with Crippen LogP contribution < -0.4 is 9.80 Å². The smallest absolute Gasteiger partial charge is 0.0546 e. The van der Waals surface area contributed by atoms with Gasteiger partial charge in [-0.15, -0.1) is 0 Å². The zero-order valence-electron chi connectivity index (χ0n) is 32.0. The van der Waals surface area contributed by atoms with Crippen LogP contribution in [0.15, 0.2) is 194 Å². The maximum Gasteiger partial charge on any atom is 0.0546 e. The van der Waals surface area contributed by atoms with Crippen LogP contribution in [0.25, 0.3) is 33.4 Å². The molecule has 2 aliphatic carbocycles. The first-order valence-corrected chi connectivity index (χ1v) is 19.9. The molecule has 0 atom stereocenters. The normalized spacial score (nSPS) is 13.5. The van der Waals surface area contributed by atoms with Crippen molar-refractivity contribution in [1.29, 1.82) is 0 Å². The zero-order chi connectivity index (χ0) is 37.6. The third-order valence-corrected chi connectivity index (χ3v) is 12.0. The Labute approximate surface area is 331 Å². The van der Waals surface area contributed by atoms with Crippen molar-refractivity contribution in [2.45, 2.75) is 38.5 Å². The second-order valence-corrected chi connectivity index (χ2v) is 15.6. The van der Waals surface area contributed by atoms with E-state index in [-0.39, 0.29) is 5.41 Å². The van der Waals surface area contributed by atoms with Crippen LogP contribution in [0.3, 0.4) is 0 Å². The van der Waals surface area contributed by atoms with Gasteiger partial charge in [-0.1, -0.05) is 141 Å². The van der Waals surface area contributed by atoms with Crippen LogP contribution in [0, 0.1) is 0 Å². The van der Waals surface area contributed by atoms with Gasteiger partial charge in [0.15, 0.2) is 0 Å². The van der Waals surface area contributed by atoms with Crippen LogP contribution >= 0.6 is 0 Å². The van der Waals surface area contributed by atoms with Crippen molar-refractivity contribution < 1.29 is 0 Å². The van der Waals surface area contributed by atoms with E-state index in [9.17, 15) is 0 Å². The largest absolute Gasteiger partial charge is 0.311 e. The number of rotatable bonds is 8. The fourth-order valence-electron chi connectivity index (χ4n) is 9.33. The van der Waals surface area contributed by atoms with Gasteiger partial charge in [0, 0.05) is 39.4 Å². The van der Waals surface area contributed by atoms with Crippen LogP contribution in [0.4, 0.5) is 34.1 Å². The maximum atomic E-state index is 2.50. The van der Waals surface area contributed by atoms with Crippen LogP contribution in [0.2, 0.25) is 0 Å². The molecule has 56 heavy (non-hydrogen) atoms. The van der Waals surface area contributed by atoms with Gasteiger partial charge in [-0.3, -0.25) is 0 Å². The zero-order valence-corrected chi connectivity index (χ0v) is 32.0. The first-order valence-electron chi connectivity index (χ1n) is 19.9. The molecule has 270 valence electrons. The molecular weight excluding hydrogens is 677 g/mol. The molecule has 0 unspecified atom stereocenters. The van der Waals surface area contributed by atoms with Gasteiger partial charge in [-0.25, -0.2) is 0 Å². The van der Waals surface area contributed by atoms with Gasteiger partial charge in [0.25, 0.3) is 0 Å². The summed E-state index contributed by atoms with van der Waals surface area (Å²) in [5.74, 6) is 0. The molecule has 0 radical (unpaired) electrons. The monoisotopic (exact) mass is 720 g/mol. The number of hydrogen-bond acceptors (Lipinski definition) is 2. The summed E-state index contributed by atoms with van der Waals surface area (Å²) in [4.78, 5) is 4.83. The highest BCUT2D eigenvalue weighted by molar-refractivity contribution is 6.02. The van der Waals surface area contributed by atoms with E-state index in [2.05, 4.69) is 218 Å². The Morgan fingerprint density at radius 2 is 0.946 bits per heavy atom. The van der Waals surface area contributed by atoms with Gasteiger partial charge in [0.2, 0.25) is 0 Å². The predicted octanol–water partition coefficient (Wildman–Crippen LogP) is 14.8. The minimum Gasteiger partial charge on any atom is -0.311 e. The van der Waals surface area contributed by atoms with E-state index >= 15 is 0 Å². The van der Waals surface area contributed by atoms with Gasteiger partial charge < -0.3 is 9.80 Å². The molecule has 8 aromatic rings. The van der Waals surface area contributed by atoms with Gasteiger partial charge >= 0.3 is 0 Å². The van der Waals surface area contributed by atoms with E-state index in [1.807, 2.05) is 0 Å². The Balaban J connectivity index is 1.22. The number of hydrogen-bond donors (Lipinski definition) is 0. The fourth-order valence-corrected chi connectivity index (χ4v) is 9.33. The molecule has 0 fully saturated rings. The Hall–Kier alpha value is -6.64. The molecule has 0 spiro atoms. The standard InChI is InChI=1S/C54H44N2/c1-54(2)49-30-13-12-27-48(49)52-50(54)35-36-51(53(52)47-29-16-20-39-19-15-28-46(39)47)56(45-26-14-21-40(37-45)38-17-6-3-7-18-38)44-33-31-43(32-34-44)55(41-22-8-4-9-23-41)42-24-10-5-11-25-42/h3-14,16-18,20-27,29-37H,15,19,28H2,1-2H3. The van der Waals surface area contributed by atoms with E-state index < -0.39 is 0 Å². The molecule has 2 aliphatic rings. The van der Waals surface area contributed by atoms with Crippen molar-refractivity contribution in [3.63, 3.8) is 0 Å². The SMILES string of the molecule is CC1(C)c2ccccc2-c2c1ccc(N(c1ccc(N(c3ccccc3)c3ccccc3)cc1)c1cccc(-c3ccccc3)c1)c2-c1cccc2c1CCC2. The summed E-state index contributed by atoms with van der Waals surface area (Å²) in [5.41, 5.74) is 20.2. The Bertz CT molecular complexity index is 2640. The lowest BCUT2D eigenvalue weighted by Crippen LogP contribution is -2.16. The van der Waals surface area contributed by atoms with E-state index in [1.54, 1.807) is 0 Å². The molecule has 0 amide bonds. The third-order valence-electron chi connectivity index (χ3n) is 12.0. The Morgan fingerprint density at radius 3 is 1.66 bits per heavy atom. The van der Waals surface area contributed by atoms with Crippen molar-refractivity contribution in [2.24, 2.45) is 0 Å². The van der Waals surface area contributed by atoms with E-state index in [4.69, 9.17) is 0 Å². The molecule has 0 N–H and O–H groups in total. The van der Waals surface area contributed by atoms with Crippen molar-refractivity contribution in [3.05, 3.63) is 216 Å². The van der Waals surface area contributed by atoms with Crippen molar-refractivity contribution >= 4 is 34.1 Å². The van der Waals surface area contributed by atoms with E-state index in [0.29, 0.717) is 0 Å². The summed E-state index contributed by atoms with van der Waals surface area (Å²) in [7, 11) is 0. The first-order chi connectivity index (χ1) is 27.6. The van der Waals surface area contributed by atoms with Crippen molar-refractivity contribution in [3.8, 4) is 33.4 Å². The summed E-state index contributed by atoms with van der Waals surface area (Å²) in [6.07, 6.45) is 3.44. The second kappa shape index (κ2) is 13.9. The topological polar surface area (TPSA) is 6.48 Å². The molecule has 10 rings (SSSR count). The Morgan fingerprint density at radius 1 is 0.393 bits per heavy atom. The predicted molar refractivity (Wildman–Crippen MR) is 236 cm³/mol. The van der Waals surface area contributed by atoms with Crippen LogP contribution in [0.1, 0.15) is 42.5 Å². The number of anilines is 6. The molecule has 0 aromatic heterocycles. The number of aryl methyl sites for hydroxylation is 1. The number of benzene rings is 8. The van der Waals surface area contributed by atoms with Crippen molar-refractivity contribution in [2.75, 3.05) is 9.80 Å². The van der Waals surface area contributed by atoms with Gasteiger partial charge in [0.1, 0.15) is 0 Å². The summed E-state index contributed by atoms with van der Waals surface area (Å²) < 4.78 is 0. The highest BCUT2D eigenvalue weighted by atomic mass is 15.2. The van der Waals surface area contributed by atoms with Crippen LogP contribution in [-0.2, 0) is 18.3 Å². The quantitative estimate of drug-likeness (QED) is 0.154. The number of nitrogens with zero attached hydrogens (tertiary/aromatic N) is 2. The molecule has 2 nitrogen and oxygen atoms in total. The molecule has 8 aromatic carbocycles. The number of para-hydroxylation sites is 2. The molecule has 0 heterocycles. The summed E-state index contributed by atoms with van der Waals surface area (Å²) in [6, 6.07) is 71.1. The third kappa shape index (κ3) is 5.72. The summed E-state index contributed by atoms with van der Waals surface area (Å²) >= 11 is 0. The van der Waals surface area contributed by atoms with Crippen LogP contribution in [0.5, 0.6) is 0 Å². The highest BCUT2D eigenvalue weighted by Crippen LogP contribution is 2.57. The average Bonchev–Trinajstić information content (AvgIpc) is 3.83. The minimum absolute atomic E-state index is 0.116. The Kier molecular flexibility index (Phi) is 8.41. The van der Waals surface area contributed by atoms with E-state index in [1.165, 1.54) is 67.7 Å². The molecule has 0 aliphatic heterocycles. The lowest BCUT2D eigenvalue weighted by atomic mass is 9.81. The molecule has 0 bridgehead atoms. The van der Waals surface area contributed by atoms with Crippen molar-refractivity contribution in [1.82, 2.24) is 0 Å². The van der Waals surface area contributed by atoms with Crippen LogP contribution in [-0.4, -0.2) is 0 Å². The minimum atomic E-state index is -0.116. The summed E-state index contributed by atoms with van der Waals surface area (Å²) in [6.45, 7) is 4.78. The van der Waals surface area contributed by atoms with Gasteiger partial charge in [-0.05, 0) is 136 Å². The fraction of sp³-hybridized carbons (Fsp3) is 0.111. The average molecular weight is 721 g/mol. The molecule has 0 saturated heterocycles. The van der Waals surface area contributed by atoms with Gasteiger partial charge in [-0.2, -0.15) is 0 Å². The maximum absolute atomic E-state index is 2.50. The first kappa shape index (κ1) is 33.9. The lowest BCUT2D eigenvalue weighted by Gasteiger charge is -2.32. The number of fused-ring (bicyclic) bond motifs is 4.